The van der Waals surface area contributed by atoms with Crippen molar-refractivity contribution in [2.45, 2.75) is 45.4 Å². The van der Waals surface area contributed by atoms with Crippen LogP contribution in [-0.4, -0.2) is 58.9 Å². The number of nitrogens with zero attached hydrogens (tertiary/aromatic N) is 4. The van der Waals surface area contributed by atoms with Gasteiger partial charge in [-0.05, 0) is 67.5 Å². The van der Waals surface area contributed by atoms with Gasteiger partial charge in [-0.15, -0.1) is 0 Å². The second kappa shape index (κ2) is 12.1. The molecule has 2 aromatic heterocycles. The number of rotatable bonds is 7. The molecule has 0 spiro atoms. The predicted molar refractivity (Wildman–Crippen MR) is 172 cm³/mol. The van der Waals surface area contributed by atoms with Crippen LogP contribution in [0.2, 0.25) is 10.0 Å². The Morgan fingerprint density at radius 3 is 2.73 bits per heavy atom. The standard InChI is InChI=1S/C33H32Cl2N4O4S/c1-4-43-32(42)28-29(36-20(3)27(37-28)24-10-7-11-25(34)26(24)35)38-14-12-19(2)33(17-38,21-13-15-44-16-21)18-39-30(40)22-8-5-6-9-23(22)31(39)41/h5,7-8,10-11,13,15-16,19H,4,6,9,12,14,17-18H2,1-3H3. The van der Waals surface area contributed by atoms with E-state index in [1.165, 1.54) is 4.90 Å². The van der Waals surface area contributed by atoms with Gasteiger partial charge in [0.1, 0.15) is 0 Å². The summed E-state index contributed by atoms with van der Waals surface area (Å²) in [5.41, 5.74) is 3.19. The van der Waals surface area contributed by atoms with Crippen LogP contribution < -0.4 is 4.90 Å². The number of benzene rings is 1. The van der Waals surface area contributed by atoms with Gasteiger partial charge >= 0.3 is 5.97 Å². The third-order valence-corrected chi connectivity index (χ3v) is 10.5. The van der Waals surface area contributed by atoms with Crippen LogP contribution in [0.1, 0.15) is 54.9 Å². The average Bonchev–Trinajstić information content (AvgIpc) is 3.64. The van der Waals surface area contributed by atoms with Gasteiger partial charge in [0, 0.05) is 41.8 Å². The average molecular weight is 652 g/mol. The summed E-state index contributed by atoms with van der Waals surface area (Å²) in [4.78, 5) is 53.7. The number of amides is 2. The normalized spacial score (nSPS) is 21.7. The monoisotopic (exact) mass is 650 g/mol. The van der Waals surface area contributed by atoms with Gasteiger partial charge in [0.2, 0.25) is 0 Å². The Labute approximate surface area is 270 Å². The van der Waals surface area contributed by atoms with E-state index in [-0.39, 0.29) is 36.6 Å². The zero-order valence-corrected chi connectivity index (χ0v) is 27.1. The SMILES string of the molecule is CCOC(=O)c1nc(-c2cccc(Cl)c2Cl)c(C)nc1N1CCC(C)C(CN2C(=O)C3=C(CCC=C3)C2=O)(c2ccsc2)C1. The largest absolute Gasteiger partial charge is 0.461 e. The number of imide groups is 1. The highest BCUT2D eigenvalue weighted by molar-refractivity contribution is 7.08. The van der Waals surface area contributed by atoms with Gasteiger partial charge in [-0.1, -0.05) is 54.4 Å². The van der Waals surface area contributed by atoms with Crippen LogP contribution in [-0.2, 0) is 19.7 Å². The highest BCUT2D eigenvalue weighted by Crippen LogP contribution is 2.44. The van der Waals surface area contributed by atoms with Crippen LogP contribution >= 0.6 is 34.5 Å². The number of hydrogen-bond donors (Lipinski definition) is 0. The van der Waals surface area contributed by atoms with E-state index >= 15 is 0 Å². The summed E-state index contributed by atoms with van der Waals surface area (Å²) in [6.45, 7) is 7.14. The number of halogens is 2. The first-order valence-electron chi connectivity index (χ1n) is 14.7. The molecule has 44 heavy (non-hydrogen) atoms. The van der Waals surface area contributed by atoms with Crippen LogP contribution in [0.4, 0.5) is 5.82 Å². The third-order valence-electron chi connectivity index (χ3n) is 8.96. The lowest BCUT2D eigenvalue weighted by Gasteiger charge is -2.49. The number of hydrogen-bond acceptors (Lipinski definition) is 8. The van der Waals surface area contributed by atoms with E-state index in [0.29, 0.717) is 63.5 Å². The Kier molecular flexibility index (Phi) is 8.39. The van der Waals surface area contributed by atoms with Gasteiger partial charge < -0.3 is 9.64 Å². The number of carbonyl (C=O) groups excluding carboxylic acids is 3. The zero-order valence-electron chi connectivity index (χ0n) is 24.7. The van der Waals surface area contributed by atoms with Crippen molar-refractivity contribution in [2.24, 2.45) is 5.92 Å². The van der Waals surface area contributed by atoms with Crippen molar-refractivity contribution >= 4 is 58.1 Å². The van der Waals surface area contributed by atoms with Crippen molar-refractivity contribution < 1.29 is 19.1 Å². The van der Waals surface area contributed by atoms with Crippen LogP contribution in [0, 0.1) is 12.8 Å². The molecule has 0 N–H and O–H groups in total. The number of thiophene rings is 1. The molecule has 0 radical (unpaired) electrons. The molecule has 11 heteroatoms. The minimum Gasteiger partial charge on any atom is -0.461 e. The summed E-state index contributed by atoms with van der Waals surface area (Å²) in [5, 5.41) is 4.80. The van der Waals surface area contributed by atoms with E-state index < -0.39 is 11.4 Å². The van der Waals surface area contributed by atoms with E-state index in [1.54, 1.807) is 42.5 Å². The Balaban J connectivity index is 1.43. The van der Waals surface area contributed by atoms with Gasteiger partial charge in [0.15, 0.2) is 11.5 Å². The molecular weight excluding hydrogens is 619 g/mol. The smallest absolute Gasteiger partial charge is 0.360 e. The molecule has 0 bridgehead atoms. The maximum Gasteiger partial charge on any atom is 0.360 e. The number of aromatic nitrogens is 2. The van der Waals surface area contributed by atoms with E-state index in [4.69, 9.17) is 37.9 Å². The molecule has 0 saturated carbocycles. The molecule has 1 aromatic carbocycles. The highest BCUT2D eigenvalue weighted by atomic mass is 35.5. The second-order valence-corrected chi connectivity index (χ2v) is 13.0. The summed E-state index contributed by atoms with van der Waals surface area (Å²) in [6, 6.07) is 7.31. The first-order chi connectivity index (χ1) is 21.2. The lowest BCUT2D eigenvalue weighted by atomic mass is 9.67. The lowest BCUT2D eigenvalue weighted by molar-refractivity contribution is -0.139. The number of esters is 1. The minimum absolute atomic E-state index is 0.0767. The van der Waals surface area contributed by atoms with Crippen LogP contribution in [0.5, 0.6) is 0 Å². The van der Waals surface area contributed by atoms with Crippen molar-refractivity contribution in [1.29, 1.82) is 0 Å². The predicted octanol–water partition coefficient (Wildman–Crippen LogP) is 6.80. The molecule has 1 fully saturated rings. The third kappa shape index (κ3) is 5.14. The molecule has 2 aliphatic heterocycles. The Bertz CT molecular complexity index is 1720. The minimum atomic E-state index is -0.613. The fourth-order valence-corrected chi connectivity index (χ4v) is 7.68. The zero-order chi connectivity index (χ0) is 31.2. The van der Waals surface area contributed by atoms with Gasteiger partial charge in [-0.25, -0.2) is 14.8 Å². The van der Waals surface area contributed by atoms with Crippen molar-refractivity contribution in [3.63, 3.8) is 0 Å². The molecule has 3 aliphatic rings. The van der Waals surface area contributed by atoms with Crippen molar-refractivity contribution in [3.05, 3.63) is 85.3 Å². The number of aryl methyl sites for hydroxylation is 1. The fourth-order valence-electron chi connectivity index (χ4n) is 6.52. The van der Waals surface area contributed by atoms with Gasteiger partial charge in [0.05, 0.1) is 28.0 Å². The summed E-state index contributed by atoms with van der Waals surface area (Å²) < 4.78 is 5.44. The van der Waals surface area contributed by atoms with Gasteiger partial charge in [-0.3, -0.25) is 14.5 Å². The first kappa shape index (κ1) is 30.5. The maximum atomic E-state index is 13.6. The quantitative estimate of drug-likeness (QED) is 0.205. The molecule has 228 valence electrons. The number of ether oxygens (including phenoxy) is 1. The summed E-state index contributed by atoms with van der Waals surface area (Å²) >= 11 is 14.4. The fraction of sp³-hybridized carbons (Fsp3) is 0.364. The molecule has 6 rings (SSSR count). The number of carbonyl (C=O) groups is 3. The molecule has 1 aliphatic carbocycles. The maximum absolute atomic E-state index is 13.6. The van der Waals surface area contributed by atoms with E-state index in [1.807, 2.05) is 23.3 Å². The number of piperidine rings is 1. The number of anilines is 1. The molecular formula is C33H32Cl2N4O4S. The van der Waals surface area contributed by atoms with Crippen molar-refractivity contribution in [3.8, 4) is 11.3 Å². The second-order valence-electron chi connectivity index (χ2n) is 11.5. The highest BCUT2D eigenvalue weighted by Gasteiger charge is 2.49. The Morgan fingerprint density at radius 1 is 1.18 bits per heavy atom. The molecule has 1 saturated heterocycles. The van der Waals surface area contributed by atoms with Crippen molar-refractivity contribution in [1.82, 2.24) is 14.9 Å². The molecule has 8 nitrogen and oxygen atoms in total. The van der Waals surface area contributed by atoms with Gasteiger partial charge in [-0.2, -0.15) is 11.3 Å². The Hall–Kier alpha value is -3.53. The molecule has 2 amide bonds. The molecule has 2 atom stereocenters. The van der Waals surface area contributed by atoms with Crippen LogP contribution in [0.25, 0.3) is 11.3 Å². The van der Waals surface area contributed by atoms with E-state index in [0.717, 1.165) is 18.4 Å². The Morgan fingerprint density at radius 2 is 2.00 bits per heavy atom. The summed E-state index contributed by atoms with van der Waals surface area (Å²) in [6.07, 6.45) is 5.79. The summed E-state index contributed by atoms with van der Waals surface area (Å²) in [5.74, 6) is -0.535. The summed E-state index contributed by atoms with van der Waals surface area (Å²) in [7, 11) is 0. The van der Waals surface area contributed by atoms with Crippen LogP contribution in [0.15, 0.2) is 58.3 Å². The van der Waals surface area contributed by atoms with Crippen LogP contribution in [0.3, 0.4) is 0 Å². The van der Waals surface area contributed by atoms with E-state index in [2.05, 4.69) is 18.4 Å². The molecule has 4 heterocycles. The number of allylic oxidation sites excluding steroid dienone is 1. The van der Waals surface area contributed by atoms with Gasteiger partial charge in [0.25, 0.3) is 11.8 Å². The van der Waals surface area contributed by atoms with E-state index in [9.17, 15) is 14.4 Å². The van der Waals surface area contributed by atoms with Crippen molar-refractivity contribution in [2.75, 3.05) is 31.1 Å². The molecule has 2 unspecified atom stereocenters. The molecule has 3 aromatic rings. The first-order valence-corrected chi connectivity index (χ1v) is 16.4. The lowest BCUT2D eigenvalue weighted by Crippen LogP contribution is -2.58. The topological polar surface area (TPSA) is 92.7 Å².